The number of carbonyl (C=O) groups excluding carboxylic acids is 2. The number of benzene rings is 2. The molecule has 30 heavy (non-hydrogen) atoms. The Balaban J connectivity index is 1.91. The Morgan fingerprint density at radius 2 is 1.63 bits per heavy atom. The molecule has 1 aromatic heterocycles. The van der Waals surface area contributed by atoms with E-state index in [2.05, 4.69) is 9.97 Å². The van der Waals surface area contributed by atoms with Gasteiger partial charge in [0, 0.05) is 18.2 Å². The summed E-state index contributed by atoms with van der Waals surface area (Å²) < 4.78 is 5.75. The van der Waals surface area contributed by atoms with Crippen LogP contribution in [0, 0.1) is 11.3 Å². The molecular weight excluding hydrogens is 384 g/mol. The molecule has 3 amide bonds. The fourth-order valence-corrected chi connectivity index (χ4v) is 2.66. The first kappa shape index (κ1) is 20.3. The van der Waals surface area contributed by atoms with E-state index in [1.54, 1.807) is 55.5 Å². The Labute approximate surface area is 172 Å². The zero-order valence-corrected chi connectivity index (χ0v) is 16.1. The molecule has 0 aliphatic carbocycles. The van der Waals surface area contributed by atoms with Gasteiger partial charge in [0.05, 0.1) is 11.6 Å². The lowest BCUT2D eigenvalue weighted by atomic mass is 10.2. The number of urea groups is 1. The molecule has 0 saturated carbocycles. The van der Waals surface area contributed by atoms with Crippen molar-refractivity contribution in [2.75, 3.05) is 11.4 Å². The number of carbonyl (C=O) groups is 2. The molecule has 9 heteroatoms. The first-order valence-corrected chi connectivity index (χ1v) is 8.95. The molecule has 2 aromatic carbocycles. The Bertz CT molecular complexity index is 1120. The molecular formula is C21H18N6O3. The van der Waals surface area contributed by atoms with Gasteiger partial charge >= 0.3 is 6.03 Å². The van der Waals surface area contributed by atoms with Crippen molar-refractivity contribution in [1.29, 1.82) is 5.26 Å². The van der Waals surface area contributed by atoms with Gasteiger partial charge in [-0.15, -0.1) is 0 Å². The fourth-order valence-electron chi connectivity index (χ4n) is 2.66. The number of anilines is 1. The van der Waals surface area contributed by atoms with Gasteiger partial charge < -0.3 is 16.2 Å². The highest BCUT2D eigenvalue weighted by Gasteiger charge is 2.17. The van der Waals surface area contributed by atoms with Crippen molar-refractivity contribution in [2.45, 2.75) is 6.92 Å². The van der Waals surface area contributed by atoms with Crippen LogP contribution in [-0.4, -0.2) is 28.5 Å². The predicted molar refractivity (Wildman–Crippen MR) is 110 cm³/mol. The molecule has 0 saturated heterocycles. The number of hydrogen-bond donors (Lipinski definition) is 2. The number of amides is 3. The van der Waals surface area contributed by atoms with Gasteiger partial charge in [-0.25, -0.2) is 14.8 Å². The normalized spacial score (nSPS) is 10.1. The number of nitriles is 1. The molecule has 3 rings (SSSR count). The topological polar surface area (TPSA) is 148 Å². The standard InChI is InChI=1S/C21H18N6O3/c1-2-27(21(24)29)18-11-17(19(23)28)25-20(26-18)14-5-9-16(10-6-14)30-15-7-3-13(12-22)4-8-15/h3-11H,2H2,1H3,(H2,23,28)(H2,24,29). The Hall–Kier alpha value is -4.45. The third-order valence-corrected chi connectivity index (χ3v) is 4.16. The first-order chi connectivity index (χ1) is 14.4. The van der Waals surface area contributed by atoms with E-state index in [1.807, 2.05) is 6.07 Å². The second-order valence-corrected chi connectivity index (χ2v) is 6.14. The Morgan fingerprint density at radius 3 is 2.13 bits per heavy atom. The second-order valence-electron chi connectivity index (χ2n) is 6.14. The van der Waals surface area contributed by atoms with E-state index >= 15 is 0 Å². The van der Waals surface area contributed by atoms with E-state index in [0.717, 1.165) is 0 Å². The van der Waals surface area contributed by atoms with Crippen molar-refractivity contribution in [1.82, 2.24) is 9.97 Å². The molecule has 0 spiro atoms. The SMILES string of the molecule is CCN(C(N)=O)c1cc(C(N)=O)nc(-c2ccc(Oc3ccc(C#N)cc3)cc2)n1. The molecule has 1 heterocycles. The lowest BCUT2D eigenvalue weighted by Crippen LogP contribution is -2.36. The van der Waals surface area contributed by atoms with Gasteiger partial charge in [0.15, 0.2) is 5.82 Å². The van der Waals surface area contributed by atoms with Crippen LogP contribution >= 0.6 is 0 Å². The molecule has 0 unspecified atom stereocenters. The van der Waals surface area contributed by atoms with Crippen LogP contribution in [0.25, 0.3) is 11.4 Å². The quantitative estimate of drug-likeness (QED) is 0.647. The van der Waals surface area contributed by atoms with E-state index in [1.165, 1.54) is 11.0 Å². The highest BCUT2D eigenvalue weighted by Crippen LogP contribution is 2.26. The number of hydrogen-bond acceptors (Lipinski definition) is 6. The minimum Gasteiger partial charge on any atom is -0.457 e. The summed E-state index contributed by atoms with van der Waals surface area (Å²) >= 11 is 0. The predicted octanol–water partition coefficient (Wildman–Crippen LogP) is 2.81. The average molecular weight is 402 g/mol. The van der Waals surface area contributed by atoms with Gasteiger partial charge in [-0.1, -0.05) is 0 Å². The monoisotopic (exact) mass is 402 g/mol. The van der Waals surface area contributed by atoms with E-state index < -0.39 is 11.9 Å². The summed E-state index contributed by atoms with van der Waals surface area (Å²) in [5, 5.41) is 8.85. The van der Waals surface area contributed by atoms with Crippen LogP contribution < -0.4 is 21.1 Å². The molecule has 0 aliphatic rings. The summed E-state index contributed by atoms with van der Waals surface area (Å²) in [6, 6.07) is 16.2. The number of nitrogens with two attached hydrogens (primary N) is 2. The van der Waals surface area contributed by atoms with E-state index in [0.29, 0.717) is 22.6 Å². The van der Waals surface area contributed by atoms with E-state index in [-0.39, 0.29) is 23.9 Å². The summed E-state index contributed by atoms with van der Waals surface area (Å²) in [7, 11) is 0. The lowest BCUT2D eigenvalue weighted by molar-refractivity contribution is 0.0995. The third-order valence-electron chi connectivity index (χ3n) is 4.16. The molecule has 150 valence electrons. The largest absolute Gasteiger partial charge is 0.457 e. The van der Waals surface area contributed by atoms with Gasteiger partial charge in [0.25, 0.3) is 5.91 Å². The number of ether oxygens (including phenoxy) is 1. The van der Waals surface area contributed by atoms with Crippen LogP contribution in [0.4, 0.5) is 10.6 Å². The van der Waals surface area contributed by atoms with Gasteiger partial charge in [-0.05, 0) is 55.5 Å². The minimum absolute atomic E-state index is 0.0346. The molecule has 0 aliphatic heterocycles. The summed E-state index contributed by atoms with van der Waals surface area (Å²) in [6.45, 7) is 1.99. The minimum atomic E-state index is -0.749. The van der Waals surface area contributed by atoms with Crippen molar-refractivity contribution in [3.05, 3.63) is 65.9 Å². The average Bonchev–Trinajstić information content (AvgIpc) is 2.75. The van der Waals surface area contributed by atoms with E-state index in [9.17, 15) is 9.59 Å². The maximum absolute atomic E-state index is 11.7. The number of primary amides is 2. The van der Waals surface area contributed by atoms with Crippen LogP contribution in [0.3, 0.4) is 0 Å². The van der Waals surface area contributed by atoms with Crippen LogP contribution in [0.1, 0.15) is 23.0 Å². The summed E-state index contributed by atoms with van der Waals surface area (Å²) in [4.78, 5) is 33.1. The van der Waals surface area contributed by atoms with Crippen molar-refractivity contribution >= 4 is 17.8 Å². The third kappa shape index (κ3) is 4.51. The number of aromatic nitrogens is 2. The van der Waals surface area contributed by atoms with Crippen molar-refractivity contribution in [3.63, 3.8) is 0 Å². The second kappa shape index (κ2) is 8.70. The number of nitrogens with zero attached hydrogens (tertiary/aromatic N) is 4. The van der Waals surface area contributed by atoms with Gasteiger partial charge in [0.1, 0.15) is 23.0 Å². The summed E-state index contributed by atoms with van der Waals surface area (Å²) in [5.74, 6) is 0.784. The Morgan fingerprint density at radius 1 is 1.03 bits per heavy atom. The van der Waals surface area contributed by atoms with Crippen LogP contribution in [0.15, 0.2) is 54.6 Å². The summed E-state index contributed by atoms with van der Waals surface area (Å²) in [6.07, 6.45) is 0. The molecule has 9 nitrogen and oxygen atoms in total. The molecule has 0 fully saturated rings. The molecule has 0 bridgehead atoms. The van der Waals surface area contributed by atoms with Crippen molar-refractivity contribution < 1.29 is 14.3 Å². The maximum Gasteiger partial charge on any atom is 0.320 e. The van der Waals surface area contributed by atoms with Gasteiger partial charge in [-0.2, -0.15) is 5.26 Å². The first-order valence-electron chi connectivity index (χ1n) is 8.95. The van der Waals surface area contributed by atoms with Crippen LogP contribution in [-0.2, 0) is 0 Å². The summed E-state index contributed by atoms with van der Waals surface area (Å²) in [5.41, 5.74) is 11.8. The molecule has 0 atom stereocenters. The molecule has 4 N–H and O–H groups in total. The van der Waals surface area contributed by atoms with Crippen molar-refractivity contribution in [2.24, 2.45) is 11.5 Å². The highest BCUT2D eigenvalue weighted by atomic mass is 16.5. The maximum atomic E-state index is 11.7. The molecule has 0 radical (unpaired) electrons. The van der Waals surface area contributed by atoms with Crippen LogP contribution in [0.2, 0.25) is 0 Å². The van der Waals surface area contributed by atoms with Crippen molar-refractivity contribution in [3.8, 4) is 29.0 Å². The van der Waals surface area contributed by atoms with Crippen LogP contribution in [0.5, 0.6) is 11.5 Å². The van der Waals surface area contributed by atoms with E-state index in [4.69, 9.17) is 21.5 Å². The smallest absolute Gasteiger partial charge is 0.320 e. The zero-order valence-electron chi connectivity index (χ0n) is 16.1. The number of rotatable bonds is 6. The lowest BCUT2D eigenvalue weighted by Gasteiger charge is -2.18. The zero-order chi connectivity index (χ0) is 21.7. The van der Waals surface area contributed by atoms with Gasteiger partial charge in [0.2, 0.25) is 0 Å². The highest BCUT2D eigenvalue weighted by molar-refractivity contribution is 5.94. The molecule has 3 aromatic rings. The van der Waals surface area contributed by atoms with Gasteiger partial charge in [-0.3, -0.25) is 9.69 Å². The Kier molecular flexibility index (Phi) is 5.89. The fraction of sp³-hybridized carbons (Fsp3) is 0.0952.